The van der Waals surface area contributed by atoms with E-state index in [2.05, 4.69) is 4.72 Å². The average molecular weight is 264 g/mol. The van der Waals surface area contributed by atoms with Gasteiger partial charge in [0.25, 0.3) is 10.0 Å². The number of hydrogen-bond acceptors (Lipinski definition) is 5. The maximum absolute atomic E-state index is 12.0. The third-order valence-electron chi connectivity index (χ3n) is 1.63. The fourth-order valence-corrected chi connectivity index (χ4v) is 3.95. The molecule has 0 aromatic carbocycles. The molecule has 0 radical (unpaired) electrons. The van der Waals surface area contributed by atoms with Crippen LogP contribution in [0.15, 0.2) is 9.59 Å². The molecule has 0 aliphatic carbocycles. The summed E-state index contributed by atoms with van der Waals surface area (Å²) >= 11 is 1.05. The lowest BCUT2D eigenvalue weighted by Crippen LogP contribution is -2.40. The fourth-order valence-electron chi connectivity index (χ4n) is 1.18. The lowest BCUT2D eigenvalue weighted by molar-refractivity contribution is 0.407. The fraction of sp³-hybridized carbons (Fsp3) is 0.556. The molecule has 0 aliphatic heterocycles. The van der Waals surface area contributed by atoms with Crippen LogP contribution in [0.5, 0.6) is 5.75 Å². The number of ether oxygens (including phenoxy) is 1. The van der Waals surface area contributed by atoms with Gasteiger partial charge in [-0.15, -0.1) is 11.3 Å². The highest BCUT2D eigenvalue weighted by Crippen LogP contribution is 2.36. The Morgan fingerprint density at radius 3 is 2.44 bits per heavy atom. The first-order valence-corrected chi connectivity index (χ1v) is 6.98. The summed E-state index contributed by atoms with van der Waals surface area (Å²) in [6.45, 7) is 5.32. The van der Waals surface area contributed by atoms with E-state index in [0.29, 0.717) is 5.69 Å². The van der Waals surface area contributed by atoms with Crippen molar-refractivity contribution in [1.29, 1.82) is 0 Å². The molecule has 1 rings (SSSR count). The molecule has 7 heteroatoms. The number of methoxy groups -OCH3 is 1. The number of anilines is 1. The van der Waals surface area contributed by atoms with E-state index >= 15 is 0 Å². The Morgan fingerprint density at radius 2 is 2.00 bits per heavy atom. The number of nitrogen functional groups attached to an aromatic ring is 1. The molecular formula is C9H16N2O3S2. The van der Waals surface area contributed by atoms with Crippen LogP contribution in [0.2, 0.25) is 0 Å². The number of rotatable bonds is 3. The number of sulfonamides is 1. The lowest BCUT2D eigenvalue weighted by atomic mass is 10.1. The molecule has 1 aromatic heterocycles. The van der Waals surface area contributed by atoms with E-state index in [4.69, 9.17) is 10.5 Å². The minimum atomic E-state index is -3.58. The second kappa shape index (κ2) is 4.23. The zero-order valence-electron chi connectivity index (χ0n) is 9.70. The van der Waals surface area contributed by atoms with Crippen LogP contribution in [-0.4, -0.2) is 21.1 Å². The molecule has 1 aromatic rings. The summed E-state index contributed by atoms with van der Waals surface area (Å²) in [6, 6.07) is 0. The Balaban J connectivity index is 3.18. The van der Waals surface area contributed by atoms with Gasteiger partial charge in [0.1, 0.15) is 0 Å². The van der Waals surface area contributed by atoms with Gasteiger partial charge in [-0.3, -0.25) is 0 Å². The van der Waals surface area contributed by atoms with Gasteiger partial charge in [-0.25, -0.2) is 13.1 Å². The number of nitrogens with one attached hydrogen (secondary N) is 1. The van der Waals surface area contributed by atoms with Gasteiger partial charge in [0.15, 0.2) is 9.96 Å². The van der Waals surface area contributed by atoms with E-state index in [-0.39, 0.29) is 9.96 Å². The molecule has 16 heavy (non-hydrogen) atoms. The Morgan fingerprint density at radius 1 is 1.44 bits per heavy atom. The van der Waals surface area contributed by atoms with Crippen LogP contribution >= 0.6 is 11.3 Å². The van der Waals surface area contributed by atoms with Gasteiger partial charge in [0.05, 0.1) is 12.8 Å². The van der Waals surface area contributed by atoms with E-state index in [0.717, 1.165) is 11.3 Å². The van der Waals surface area contributed by atoms with Gasteiger partial charge in [0.2, 0.25) is 0 Å². The predicted octanol–water partition coefficient (Wildman–Crippen LogP) is 1.42. The summed E-state index contributed by atoms with van der Waals surface area (Å²) in [7, 11) is -2.18. The van der Waals surface area contributed by atoms with Crippen molar-refractivity contribution in [2.75, 3.05) is 12.8 Å². The van der Waals surface area contributed by atoms with Crippen molar-refractivity contribution < 1.29 is 13.2 Å². The molecule has 0 unspecified atom stereocenters. The maximum Gasteiger partial charge on any atom is 0.254 e. The van der Waals surface area contributed by atoms with E-state index < -0.39 is 15.6 Å². The molecule has 1 heterocycles. The number of thiophene rings is 1. The van der Waals surface area contributed by atoms with Crippen LogP contribution in [0.1, 0.15) is 20.8 Å². The Bertz CT molecular complexity index is 471. The zero-order valence-corrected chi connectivity index (χ0v) is 11.3. The molecule has 0 spiro atoms. The minimum Gasteiger partial charge on any atom is -0.492 e. The van der Waals surface area contributed by atoms with Crippen molar-refractivity contribution in [2.24, 2.45) is 0 Å². The summed E-state index contributed by atoms with van der Waals surface area (Å²) in [5.74, 6) is 0.210. The Hall–Kier alpha value is -0.790. The van der Waals surface area contributed by atoms with Crippen molar-refractivity contribution in [1.82, 2.24) is 4.72 Å². The average Bonchev–Trinajstić information content (AvgIpc) is 2.42. The van der Waals surface area contributed by atoms with Crippen molar-refractivity contribution in [3.05, 3.63) is 5.38 Å². The quantitative estimate of drug-likeness (QED) is 0.865. The zero-order chi connectivity index (χ0) is 12.6. The maximum atomic E-state index is 12.0. The molecule has 0 saturated heterocycles. The van der Waals surface area contributed by atoms with Crippen LogP contribution in [0, 0.1) is 0 Å². The van der Waals surface area contributed by atoms with Crippen LogP contribution in [0.3, 0.4) is 0 Å². The summed E-state index contributed by atoms with van der Waals surface area (Å²) in [5, 5.41) is 1.55. The number of nitrogens with two attached hydrogens (primary N) is 1. The monoisotopic (exact) mass is 264 g/mol. The van der Waals surface area contributed by atoms with Crippen molar-refractivity contribution in [3.63, 3.8) is 0 Å². The third-order valence-corrected chi connectivity index (χ3v) is 4.90. The molecule has 5 nitrogen and oxygen atoms in total. The highest BCUT2D eigenvalue weighted by Gasteiger charge is 2.27. The molecule has 3 N–H and O–H groups in total. The van der Waals surface area contributed by atoms with E-state index in [9.17, 15) is 8.42 Å². The summed E-state index contributed by atoms with van der Waals surface area (Å²) < 4.78 is 31.7. The first-order valence-electron chi connectivity index (χ1n) is 4.62. The standard InChI is InChI=1S/C9H16N2O3S2/c1-9(2,3)11-16(12,13)8-7(14-4)6(10)5-15-8/h5,11H,10H2,1-4H3. The molecule has 0 saturated carbocycles. The summed E-state index contributed by atoms with van der Waals surface area (Å²) in [6.07, 6.45) is 0. The van der Waals surface area contributed by atoms with Gasteiger partial charge in [-0.1, -0.05) is 0 Å². The van der Waals surface area contributed by atoms with Gasteiger partial charge in [-0.05, 0) is 20.8 Å². The van der Waals surface area contributed by atoms with Gasteiger partial charge in [-0.2, -0.15) is 0 Å². The molecule has 0 amide bonds. The largest absolute Gasteiger partial charge is 0.492 e. The molecule has 0 fully saturated rings. The first kappa shape index (κ1) is 13.3. The van der Waals surface area contributed by atoms with Gasteiger partial charge < -0.3 is 10.5 Å². The van der Waals surface area contributed by atoms with Crippen molar-refractivity contribution in [2.45, 2.75) is 30.5 Å². The molecular weight excluding hydrogens is 248 g/mol. The lowest BCUT2D eigenvalue weighted by Gasteiger charge is -2.20. The van der Waals surface area contributed by atoms with Crippen LogP contribution < -0.4 is 15.2 Å². The Kier molecular flexibility index (Phi) is 3.51. The topological polar surface area (TPSA) is 81.4 Å². The third kappa shape index (κ3) is 2.87. The summed E-state index contributed by atoms with van der Waals surface area (Å²) in [4.78, 5) is 0. The van der Waals surface area contributed by atoms with Crippen molar-refractivity contribution >= 4 is 27.0 Å². The number of hydrogen-bond donors (Lipinski definition) is 2. The van der Waals surface area contributed by atoms with E-state index in [1.54, 1.807) is 26.2 Å². The Labute approximate surface area is 99.7 Å². The van der Waals surface area contributed by atoms with Crippen LogP contribution in [0.25, 0.3) is 0 Å². The SMILES string of the molecule is COc1c(N)csc1S(=O)(=O)NC(C)(C)C. The second-order valence-electron chi connectivity index (χ2n) is 4.37. The normalized spacial score (nSPS) is 12.8. The van der Waals surface area contributed by atoms with Crippen LogP contribution in [-0.2, 0) is 10.0 Å². The molecule has 0 atom stereocenters. The summed E-state index contributed by atoms with van der Waals surface area (Å²) in [5.41, 5.74) is 5.40. The first-order chi connectivity index (χ1) is 7.17. The van der Waals surface area contributed by atoms with Gasteiger partial charge in [0, 0.05) is 10.9 Å². The minimum absolute atomic E-state index is 0.113. The van der Waals surface area contributed by atoms with E-state index in [1.807, 2.05) is 0 Å². The van der Waals surface area contributed by atoms with Gasteiger partial charge >= 0.3 is 0 Å². The van der Waals surface area contributed by atoms with E-state index in [1.165, 1.54) is 7.11 Å². The predicted molar refractivity (Wildman–Crippen MR) is 65.4 cm³/mol. The molecule has 92 valence electrons. The molecule has 0 bridgehead atoms. The second-order valence-corrected chi connectivity index (χ2v) is 7.12. The van der Waals surface area contributed by atoms with Crippen molar-refractivity contribution in [3.8, 4) is 5.75 Å². The van der Waals surface area contributed by atoms with Crippen LogP contribution in [0.4, 0.5) is 5.69 Å². The molecule has 0 aliphatic rings. The highest BCUT2D eigenvalue weighted by molar-refractivity contribution is 7.91. The smallest absolute Gasteiger partial charge is 0.254 e. The highest BCUT2D eigenvalue weighted by atomic mass is 32.2.